The van der Waals surface area contributed by atoms with Gasteiger partial charge in [-0.15, -0.1) is 0 Å². The van der Waals surface area contributed by atoms with Crippen molar-refractivity contribution in [3.63, 3.8) is 0 Å². The van der Waals surface area contributed by atoms with E-state index < -0.39 is 21.9 Å². The normalized spacial score (nSPS) is 20.9. The average Bonchev–Trinajstić information content (AvgIpc) is 2.82. The Balaban J connectivity index is 2.48. The van der Waals surface area contributed by atoms with Crippen molar-refractivity contribution in [2.45, 2.75) is 30.7 Å². The lowest BCUT2D eigenvalue weighted by Gasteiger charge is -2.23. The van der Waals surface area contributed by atoms with Gasteiger partial charge in [-0.05, 0) is 37.5 Å². The predicted octanol–water partition coefficient (Wildman–Crippen LogP) is 0.862. The van der Waals surface area contributed by atoms with Gasteiger partial charge in [-0.1, -0.05) is 0 Å². The quantitative estimate of drug-likeness (QED) is 0.808. The number of halogens is 1. The van der Waals surface area contributed by atoms with Crippen LogP contribution in [0.25, 0.3) is 0 Å². The van der Waals surface area contributed by atoms with Crippen molar-refractivity contribution in [1.29, 1.82) is 0 Å². The van der Waals surface area contributed by atoms with Gasteiger partial charge in [0.1, 0.15) is 5.82 Å². The molecule has 1 saturated heterocycles. The Hall–Kier alpha value is -1.18. The molecule has 3 N–H and O–H groups in total. The second-order valence-corrected chi connectivity index (χ2v) is 6.59. The lowest BCUT2D eigenvalue weighted by Crippen LogP contribution is -2.37. The van der Waals surface area contributed by atoms with Gasteiger partial charge in [0, 0.05) is 12.6 Å². The fourth-order valence-corrected chi connectivity index (χ4v) is 4.31. The molecule has 0 aliphatic carbocycles. The number of nitrogens with two attached hydrogens (primary N) is 1. The zero-order chi connectivity index (χ0) is 14.2. The van der Waals surface area contributed by atoms with Crippen LogP contribution in [0.1, 0.15) is 18.4 Å². The zero-order valence-corrected chi connectivity index (χ0v) is 11.5. The highest BCUT2D eigenvalue weighted by Gasteiger charge is 2.35. The summed E-state index contributed by atoms with van der Waals surface area (Å²) in [6.45, 7) is 1.68. The summed E-state index contributed by atoms with van der Waals surface area (Å²) in [5, 5.41) is 9.22. The molecule has 1 aromatic carbocycles. The highest BCUT2D eigenvalue weighted by Crippen LogP contribution is 2.29. The second-order valence-electron chi connectivity index (χ2n) is 4.73. The number of nitrogen functional groups attached to an aromatic ring is 1. The van der Waals surface area contributed by atoms with Gasteiger partial charge < -0.3 is 10.8 Å². The topological polar surface area (TPSA) is 83.6 Å². The summed E-state index contributed by atoms with van der Waals surface area (Å²) in [6.07, 6.45) is 1.34. The molecule has 5 nitrogen and oxygen atoms in total. The van der Waals surface area contributed by atoms with E-state index >= 15 is 0 Å². The first-order valence-electron chi connectivity index (χ1n) is 6.06. The Bertz CT molecular complexity index is 589. The molecule has 0 amide bonds. The number of aryl methyl sites for hydroxylation is 1. The molecular weight excluding hydrogens is 271 g/mol. The van der Waals surface area contributed by atoms with E-state index in [0.29, 0.717) is 24.9 Å². The summed E-state index contributed by atoms with van der Waals surface area (Å²) in [7, 11) is -3.74. The molecule has 1 heterocycles. The smallest absolute Gasteiger partial charge is 0.243 e. The van der Waals surface area contributed by atoms with Crippen LogP contribution in [0.3, 0.4) is 0 Å². The van der Waals surface area contributed by atoms with Gasteiger partial charge in [0.05, 0.1) is 17.2 Å². The maximum atomic E-state index is 13.3. The molecule has 2 rings (SSSR count). The number of hydrogen-bond donors (Lipinski definition) is 2. The van der Waals surface area contributed by atoms with Gasteiger partial charge in [-0.2, -0.15) is 4.31 Å². The number of aliphatic hydroxyl groups is 1. The third-order valence-corrected chi connectivity index (χ3v) is 5.51. The van der Waals surface area contributed by atoms with Crippen LogP contribution in [0.5, 0.6) is 0 Å². The molecule has 1 aliphatic heterocycles. The minimum atomic E-state index is -3.74. The summed E-state index contributed by atoms with van der Waals surface area (Å²) in [5.74, 6) is -0.628. The fourth-order valence-electron chi connectivity index (χ4n) is 2.38. The summed E-state index contributed by atoms with van der Waals surface area (Å²) < 4.78 is 39.6. The van der Waals surface area contributed by atoms with Crippen LogP contribution < -0.4 is 5.73 Å². The van der Waals surface area contributed by atoms with E-state index in [0.717, 1.165) is 12.1 Å². The first-order chi connectivity index (χ1) is 8.87. The lowest BCUT2D eigenvalue weighted by molar-refractivity contribution is 0.213. The molecule has 0 bridgehead atoms. The number of anilines is 1. The van der Waals surface area contributed by atoms with Crippen LogP contribution >= 0.6 is 0 Å². The van der Waals surface area contributed by atoms with Gasteiger partial charge in [-0.3, -0.25) is 0 Å². The summed E-state index contributed by atoms with van der Waals surface area (Å²) in [4.78, 5) is 0.00625. The summed E-state index contributed by atoms with van der Waals surface area (Å²) in [5.41, 5.74) is 5.57. The van der Waals surface area contributed by atoms with Crippen molar-refractivity contribution in [1.82, 2.24) is 4.31 Å². The minimum absolute atomic E-state index is 0.00625. The number of sulfonamides is 1. The highest BCUT2D eigenvalue weighted by molar-refractivity contribution is 7.89. The Kier molecular flexibility index (Phi) is 3.80. The van der Waals surface area contributed by atoms with E-state index in [1.807, 2.05) is 0 Å². The van der Waals surface area contributed by atoms with Crippen LogP contribution in [0, 0.1) is 12.7 Å². The van der Waals surface area contributed by atoms with E-state index in [2.05, 4.69) is 0 Å². The number of benzene rings is 1. The van der Waals surface area contributed by atoms with Crippen molar-refractivity contribution in [3.8, 4) is 0 Å². The molecule has 0 aromatic heterocycles. The largest absolute Gasteiger partial charge is 0.396 e. The number of hydrogen-bond acceptors (Lipinski definition) is 4. The molecule has 1 atom stereocenters. The monoisotopic (exact) mass is 288 g/mol. The van der Waals surface area contributed by atoms with E-state index in [1.165, 1.54) is 11.2 Å². The van der Waals surface area contributed by atoms with Gasteiger partial charge in [0.15, 0.2) is 0 Å². The third kappa shape index (κ3) is 2.45. The molecule has 0 radical (unpaired) electrons. The van der Waals surface area contributed by atoms with Gasteiger partial charge in [0.25, 0.3) is 0 Å². The van der Waals surface area contributed by atoms with Crippen molar-refractivity contribution in [2.75, 3.05) is 18.9 Å². The number of nitrogens with zero attached hydrogens (tertiary/aromatic N) is 1. The predicted molar refractivity (Wildman–Crippen MR) is 69.5 cm³/mol. The molecule has 1 fully saturated rings. The van der Waals surface area contributed by atoms with Gasteiger partial charge in [-0.25, -0.2) is 12.8 Å². The molecule has 1 aliphatic rings. The maximum Gasteiger partial charge on any atom is 0.243 e. The molecule has 1 aromatic rings. The SMILES string of the molecule is Cc1cc(F)c(N)cc1S(=O)(=O)N1CCC[C@H]1CO. The first-order valence-corrected chi connectivity index (χ1v) is 7.50. The van der Waals surface area contributed by atoms with Crippen molar-refractivity contribution >= 4 is 15.7 Å². The Morgan fingerprint density at radius 3 is 2.84 bits per heavy atom. The molecule has 0 spiro atoms. The standard InChI is InChI=1S/C12H17FN2O3S/c1-8-5-10(13)11(14)6-12(8)19(17,18)15-4-2-3-9(15)7-16/h5-6,9,16H,2-4,7,14H2,1H3/t9-/m0/s1. The minimum Gasteiger partial charge on any atom is -0.396 e. The van der Waals surface area contributed by atoms with E-state index in [9.17, 15) is 17.9 Å². The van der Waals surface area contributed by atoms with Crippen LogP contribution in [0.4, 0.5) is 10.1 Å². The molecule has 19 heavy (non-hydrogen) atoms. The average molecular weight is 288 g/mol. The van der Waals surface area contributed by atoms with Crippen LogP contribution in [0.15, 0.2) is 17.0 Å². The van der Waals surface area contributed by atoms with E-state index in [1.54, 1.807) is 0 Å². The van der Waals surface area contributed by atoms with Crippen LogP contribution in [-0.4, -0.2) is 37.0 Å². The Morgan fingerprint density at radius 2 is 2.21 bits per heavy atom. The van der Waals surface area contributed by atoms with E-state index in [-0.39, 0.29) is 17.2 Å². The molecular formula is C12H17FN2O3S. The third-order valence-electron chi connectivity index (χ3n) is 3.41. The van der Waals surface area contributed by atoms with Crippen LogP contribution in [0.2, 0.25) is 0 Å². The van der Waals surface area contributed by atoms with Crippen LogP contribution in [-0.2, 0) is 10.0 Å². The highest BCUT2D eigenvalue weighted by atomic mass is 32.2. The van der Waals surface area contributed by atoms with Crippen molar-refractivity contribution in [3.05, 3.63) is 23.5 Å². The Morgan fingerprint density at radius 1 is 1.53 bits per heavy atom. The molecule has 106 valence electrons. The Labute approximate surface area is 111 Å². The zero-order valence-electron chi connectivity index (χ0n) is 10.6. The number of aliphatic hydroxyl groups excluding tert-OH is 1. The maximum absolute atomic E-state index is 13.3. The van der Waals surface area contributed by atoms with Crippen molar-refractivity contribution < 1.29 is 17.9 Å². The molecule has 0 saturated carbocycles. The summed E-state index contributed by atoms with van der Waals surface area (Å²) in [6, 6.07) is 1.86. The lowest BCUT2D eigenvalue weighted by atomic mass is 10.2. The van der Waals surface area contributed by atoms with E-state index in [4.69, 9.17) is 5.73 Å². The number of rotatable bonds is 3. The van der Waals surface area contributed by atoms with Crippen molar-refractivity contribution in [2.24, 2.45) is 0 Å². The second kappa shape index (κ2) is 5.07. The summed E-state index contributed by atoms with van der Waals surface area (Å²) >= 11 is 0. The van der Waals surface area contributed by atoms with Gasteiger partial charge in [0.2, 0.25) is 10.0 Å². The fraction of sp³-hybridized carbons (Fsp3) is 0.500. The molecule has 7 heteroatoms. The first kappa shape index (κ1) is 14.2. The molecule has 0 unspecified atom stereocenters. The van der Waals surface area contributed by atoms with Gasteiger partial charge >= 0.3 is 0 Å².